The highest BCUT2D eigenvalue weighted by molar-refractivity contribution is 6.07. The SMILES string of the molecule is Cc1cccc2c(C(=O)NC[C@@H]3C[C@H]4CC[C@@H](C3)N4CC(=O)NC(C)(C)C)cn(C)c12. The maximum Gasteiger partial charge on any atom is 0.253 e. The van der Waals surface area contributed by atoms with Gasteiger partial charge in [0.05, 0.1) is 17.6 Å². The highest BCUT2D eigenvalue weighted by atomic mass is 16.2. The molecular weight excluding hydrogens is 388 g/mol. The summed E-state index contributed by atoms with van der Waals surface area (Å²) in [6.07, 6.45) is 6.34. The Balaban J connectivity index is 1.35. The predicted octanol–water partition coefficient (Wildman–Crippen LogP) is 3.37. The van der Waals surface area contributed by atoms with E-state index in [4.69, 9.17) is 0 Å². The highest BCUT2D eigenvalue weighted by Gasteiger charge is 2.41. The van der Waals surface area contributed by atoms with Gasteiger partial charge in [0, 0.05) is 42.8 Å². The van der Waals surface area contributed by atoms with E-state index in [1.54, 1.807) is 0 Å². The Kier molecular flexibility index (Phi) is 5.86. The molecule has 2 bridgehead atoms. The van der Waals surface area contributed by atoms with E-state index in [1.165, 1.54) is 5.56 Å². The third-order valence-corrected chi connectivity index (χ3v) is 6.82. The van der Waals surface area contributed by atoms with Crippen LogP contribution in [-0.2, 0) is 11.8 Å². The van der Waals surface area contributed by atoms with E-state index in [0.29, 0.717) is 31.1 Å². The van der Waals surface area contributed by atoms with Crippen molar-refractivity contribution in [1.82, 2.24) is 20.1 Å². The Labute approximate surface area is 185 Å². The summed E-state index contributed by atoms with van der Waals surface area (Å²) in [6.45, 7) is 9.33. The second-order valence-electron chi connectivity index (χ2n) is 10.5. The van der Waals surface area contributed by atoms with Crippen molar-refractivity contribution < 1.29 is 9.59 Å². The Bertz CT molecular complexity index is 973. The van der Waals surface area contributed by atoms with Gasteiger partial charge >= 0.3 is 0 Å². The Morgan fingerprint density at radius 2 is 1.81 bits per heavy atom. The number of hydrogen-bond donors (Lipinski definition) is 2. The molecule has 0 unspecified atom stereocenters. The van der Waals surface area contributed by atoms with Crippen LogP contribution >= 0.6 is 0 Å². The molecule has 0 spiro atoms. The summed E-state index contributed by atoms with van der Waals surface area (Å²) in [5.41, 5.74) is 2.85. The fourth-order valence-electron chi connectivity index (χ4n) is 5.62. The Morgan fingerprint density at radius 1 is 1.13 bits per heavy atom. The largest absolute Gasteiger partial charge is 0.352 e. The molecule has 0 radical (unpaired) electrons. The number of benzene rings is 1. The number of rotatable bonds is 5. The lowest BCUT2D eigenvalue weighted by atomic mass is 9.90. The van der Waals surface area contributed by atoms with Gasteiger partial charge in [-0.15, -0.1) is 0 Å². The minimum Gasteiger partial charge on any atom is -0.352 e. The van der Waals surface area contributed by atoms with Crippen LogP contribution in [0.4, 0.5) is 0 Å². The van der Waals surface area contributed by atoms with Crippen LogP contribution in [-0.4, -0.2) is 52.0 Å². The molecule has 2 aliphatic heterocycles. The van der Waals surface area contributed by atoms with Crippen LogP contribution < -0.4 is 10.6 Å². The van der Waals surface area contributed by atoms with Gasteiger partial charge in [0.2, 0.25) is 5.91 Å². The van der Waals surface area contributed by atoms with Crippen molar-refractivity contribution in [3.63, 3.8) is 0 Å². The molecule has 3 heterocycles. The first-order valence-corrected chi connectivity index (χ1v) is 11.5. The fraction of sp³-hybridized carbons (Fsp3) is 0.600. The highest BCUT2D eigenvalue weighted by Crippen LogP contribution is 2.38. The molecule has 168 valence electrons. The average Bonchev–Trinajstić information content (AvgIpc) is 3.12. The number of nitrogens with zero attached hydrogens (tertiary/aromatic N) is 2. The molecular formula is C25H36N4O2. The minimum atomic E-state index is -0.196. The van der Waals surface area contributed by atoms with Gasteiger partial charge in [-0.25, -0.2) is 0 Å². The van der Waals surface area contributed by atoms with E-state index in [2.05, 4.69) is 28.5 Å². The molecule has 2 aliphatic rings. The van der Waals surface area contributed by atoms with Crippen LogP contribution in [0.1, 0.15) is 62.4 Å². The Hall–Kier alpha value is -2.34. The van der Waals surface area contributed by atoms with Crippen LogP contribution in [0.15, 0.2) is 24.4 Å². The molecule has 3 atom stereocenters. The molecule has 1 aromatic heterocycles. The second-order valence-corrected chi connectivity index (χ2v) is 10.5. The molecule has 2 amide bonds. The molecule has 6 nitrogen and oxygen atoms in total. The topological polar surface area (TPSA) is 66.4 Å². The van der Waals surface area contributed by atoms with Crippen molar-refractivity contribution >= 4 is 22.7 Å². The van der Waals surface area contributed by atoms with Gasteiger partial charge in [-0.3, -0.25) is 14.5 Å². The second kappa shape index (κ2) is 8.30. The molecule has 2 aromatic rings. The normalized spacial score (nSPS) is 23.8. The zero-order valence-corrected chi connectivity index (χ0v) is 19.5. The number of piperidine rings is 1. The summed E-state index contributed by atoms with van der Waals surface area (Å²) >= 11 is 0. The first-order valence-electron chi connectivity index (χ1n) is 11.5. The summed E-state index contributed by atoms with van der Waals surface area (Å²) in [5, 5.41) is 7.30. The first-order chi connectivity index (χ1) is 14.6. The van der Waals surface area contributed by atoms with E-state index in [1.807, 2.05) is 50.7 Å². The van der Waals surface area contributed by atoms with Crippen molar-refractivity contribution in [1.29, 1.82) is 0 Å². The number of carbonyl (C=O) groups excluding carboxylic acids is 2. The summed E-state index contributed by atoms with van der Waals surface area (Å²) in [6, 6.07) is 7.02. The van der Waals surface area contributed by atoms with Gasteiger partial charge in [-0.1, -0.05) is 18.2 Å². The third kappa shape index (κ3) is 4.64. The molecule has 4 rings (SSSR count). The molecule has 2 saturated heterocycles. The van der Waals surface area contributed by atoms with E-state index in [9.17, 15) is 9.59 Å². The zero-order chi connectivity index (χ0) is 22.3. The van der Waals surface area contributed by atoms with Crippen molar-refractivity contribution in [2.24, 2.45) is 13.0 Å². The van der Waals surface area contributed by atoms with Crippen LogP contribution in [0.3, 0.4) is 0 Å². The quantitative estimate of drug-likeness (QED) is 0.773. The number of hydrogen-bond acceptors (Lipinski definition) is 3. The maximum atomic E-state index is 13.0. The monoisotopic (exact) mass is 424 g/mol. The van der Waals surface area contributed by atoms with E-state index < -0.39 is 0 Å². The van der Waals surface area contributed by atoms with Crippen LogP contribution in [0.25, 0.3) is 10.9 Å². The van der Waals surface area contributed by atoms with Crippen LogP contribution in [0.2, 0.25) is 0 Å². The lowest BCUT2D eigenvalue weighted by Crippen LogP contribution is -2.52. The van der Waals surface area contributed by atoms with Crippen molar-refractivity contribution in [3.8, 4) is 0 Å². The number of carbonyl (C=O) groups is 2. The average molecular weight is 425 g/mol. The van der Waals surface area contributed by atoms with Crippen molar-refractivity contribution in [2.75, 3.05) is 13.1 Å². The number of fused-ring (bicyclic) bond motifs is 3. The van der Waals surface area contributed by atoms with Crippen molar-refractivity contribution in [2.45, 2.75) is 71.0 Å². The molecule has 2 N–H and O–H groups in total. The number of amides is 2. The molecule has 2 fully saturated rings. The summed E-state index contributed by atoms with van der Waals surface area (Å²) in [5.74, 6) is 0.595. The van der Waals surface area contributed by atoms with Gasteiger partial charge in [-0.05, 0) is 64.9 Å². The van der Waals surface area contributed by atoms with Gasteiger partial charge in [0.1, 0.15) is 0 Å². The number of para-hydroxylation sites is 1. The van der Waals surface area contributed by atoms with Gasteiger partial charge in [0.15, 0.2) is 0 Å². The number of aromatic nitrogens is 1. The summed E-state index contributed by atoms with van der Waals surface area (Å²) in [7, 11) is 2.00. The third-order valence-electron chi connectivity index (χ3n) is 6.82. The first kappa shape index (κ1) is 21.9. The smallest absolute Gasteiger partial charge is 0.253 e. The zero-order valence-electron chi connectivity index (χ0n) is 19.5. The van der Waals surface area contributed by atoms with Gasteiger partial charge in [0.25, 0.3) is 5.91 Å². The number of nitrogens with one attached hydrogen (secondary N) is 2. The van der Waals surface area contributed by atoms with Crippen molar-refractivity contribution in [3.05, 3.63) is 35.5 Å². The predicted molar refractivity (Wildman–Crippen MR) is 124 cm³/mol. The molecule has 31 heavy (non-hydrogen) atoms. The van der Waals surface area contributed by atoms with Crippen LogP contribution in [0.5, 0.6) is 0 Å². The van der Waals surface area contributed by atoms with E-state index >= 15 is 0 Å². The molecule has 1 aromatic carbocycles. The summed E-state index contributed by atoms with van der Waals surface area (Å²) in [4.78, 5) is 27.8. The van der Waals surface area contributed by atoms with Gasteiger partial charge < -0.3 is 15.2 Å². The Morgan fingerprint density at radius 3 is 2.45 bits per heavy atom. The van der Waals surface area contributed by atoms with E-state index in [0.717, 1.165) is 42.1 Å². The lowest BCUT2D eigenvalue weighted by molar-refractivity contribution is -0.125. The molecule has 0 saturated carbocycles. The standard InChI is InChI=1S/C25H36N4O2/c1-16-7-6-8-20-21(14-28(5)23(16)20)24(31)26-13-17-11-18-9-10-19(12-17)29(18)15-22(30)27-25(2,3)4/h6-8,14,17-19H,9-13,15H2,1-5H3,(H,26,31)(H,27,30)/t17-,18-,19+. The minimum absolute atomic E-state index is 0.00975. The van der Waals surface area contributed by atoms with Crippen LogP contribution in [0, 0.1) is 12.8 Å². The fourth-order valence-corrected chi connectivity index (χ4v) is 5.62. The lowest BCUT2D eigenvalue weighted by Gasteiger charge is -2.39. The van der Waals surface area contributed by atoms with E-state index in [-0.39, 0.29) is 17.4 Å². The van der Waals surface area contributed by atoms with Gasteiger partial charge in [-0.2, -0.15) is 0 Å². The number of aryl methyl sites for hydroxylation is 2. The molecule has 6 heteroatoms. The summed E-state index contributed by atoms with van der Waals surface area (Å²) < 4.78 is 2.04. The molecule has 0 aliphatic carbocycles. The maximum absolute atomic E-state index is 13.0.